The molecular weight excluding hydrogens is 310 g/mol. The average molecular weight is 333 g/mol. The van der Waals surface area contributed by atoms with Crippen LogP contribution >= 0.6 is 11.3 Å². The SMILES string of the molecule is CCOC(=O)c1c(C)[nH]c(-c2csc(NC3CCCC3)n2)c1C. The van der Waals surface area contributed by atoms with Crippen LogP contribution in [0.15, 0.2) is 5.38 Å². The second kappa shape index (κ2) is 6.74. The van der Waals surface area contributed by atoms with Gasteiger partial charge in [0, 0.05) is 17.1 Å². The van der Waals surface area contributed by atoms with Crippen LogP contribution in [-0.2, 0) is 4.74 Å². The number of rotatable bonds is 5. The van der Waals surface area contributed by atoms with E-state index < -0.39 is 0 Å². The lowest BCUT2D eigenvalue weighted by Gasteiger charge is -2.09. The van der Waals surface area contributed by atoms with Crippen LogP contribution < -0.4 is 5.32 Å². The van der Waals surface area contributed by atoms with E-state index in [0.717, 1.165) is 27.8 Å². The van der Waals surface area contributed by atoms with Crippen LogP contribution in [0.2, 0.25) is 0 Å². The minimum Gasteiger partial charge on any atom is -0.462 e. The Balaban J connectivity index is 1.83. The Labute approximate surface area is 140 Å². The second-order valence-electron chi connectivity index (χ2n) is 6.01. The summed E-state index contributed by atoms with van der Waals surface area (Å²) in [6.07, 6.45) is 5.05. The van der Waals surface area contributed by atoms with Gasteiger partial charge in [0.05, 0.1) is 17.9 Å². The van der Waals surface area contributed by atoms with E-state index in [1.54, 1.807) is 11.3 Å². The van der Waals surface area contributed by atoms with E-state index in [9.17, 15) is 4.79 Å². The number of H-pyrrole nitrogens is 1. The van der Waals surface area contributed by atoms with Crippen molar-refractivity contribution in [3.05, 3.63) is 22.2 Å². The minimum absolute atomic E-state index is 0.274. The quantitative estimate of drug-likeness (QED) is 0.801. The number of carbonyl (C=O) groups excluding carboxylic acids is 1. The molecule has 3 rings (SSSR count). The van der Waals surface area contributed by atoms with Gasteiger partial charge >= 0.3 is 5.97 Å². The van der Waals surface area contributed by atoms with Crippen LogP contribution in [0.25, 0.3) is 11.4 Å². The third kappa shape index (κ3) is 3.27. The molecule has 23 heavy (non-hydrogen) atoms. The van der Waals surface area contributed by atoms with E-state index in [-0.39, 0.29) is 5.97 Å². The molecule has 1 saturated carbocycles. The largest absolute Gasteiger partial charge is 0.462 e. The van der Waals surface area contributed by atoms with E-state index in [0.29, 0.717) is 18.2 Å². The summed E-state index contributed by atoms with van der Waals surface area (Å²) in [7, 11) is 0. The summed E-state index contributed by atoms with van der Waals surface area (Å²) in [5.74, 6) is -0.274. The fraction of sp³-hybridized carbons (Fsp3) is 0.529. The molecule has 0 bridgehead atoms. The second-order valence-corrected chi connectivity index (χ2v) is 6.87. The van der Waals surface area contributed by atoms with Crippen LogP contribution in [0.5, 0.6) is 0 Å². The number of hydrogen-bond acceptors (Lipinski definition) is 5. The number of aromatic nitrogens is 2. The average Bonchev–Trinajstić information content (AvgIpc) is 3.21. The van der Waals surface area contributed by atoms with Gasteiger partial charge in [-0.1, -0.05) is 12.8 Å². The van der Waals surface area contributed by atoms with E-state index >= 15 is 0 Å². The minimum atomic E-state index is -0.274. The lowest BCUT2D eigenvalue weighted by Crippen LogP contribution is -2.14. The van der Waals surface area contributed by atoms with Crippen molar-refractivity contribution in [2.75, 3.05) is 11.9 Å². The zero-order valence-corrected chi connectivity index (χ0v) is 14.7. The molecule has 0 atom stereocenters. The molecule has 0 amide bonds. The van der Waals surface area contributed by atoms with Gasteiger partial charge < -0.3 is 15.0 Å². The van der Waals surface area contributed by atoms with Crippen LogP contribution in [0.4, 0.5) is 5.13 Å². The van der Waals surface area contributed by atoms with Crippen molar-refractivity contribution < 1.29 is 9.53 Å². The van der Waals surface area contributed by atoms with Crippen molar-refractivity contribution >= 4 is 22.4 Å². The maximum atomic E-state index is 12.1. The molecule has 0 aromatic carbocycles. The summed E-state index contributed by atoms with van der Waals surface area (Å²) >= 11 is 1.62. The zero-order chi connectivity index (χ0) is 16.4. The predicted octanol–water partition coefficient (Wildman–Crippen LogP) is 4.29. The maximum Gasteiger partial charge on any atom is 0.340 e. The van der Waals surface area contributed by atoms with Crippen LogP contribution in [-0.4, -0.2) is 28.6 Å². The molecule has 1 fully saturated rings. The topological polar surface area (TPSA) is 67.0 Å². The molecule has 0 unspecified atom stereocenters. The Morgan fingerprint density at radius 2 is 2.17 bits per heavy atom. The number of anilines is 1. The Bertz CT molecular complexity index is 699. The van der Waals surface area contributed by atoms with Gasteiger partial charge in [-0.2, -0.15) is 0 Å². The van der Waals surface area contributed by atoms with E-state index in [4.69, 9.17) is 4.74 Å². The number of carbonyl (C=O) groups is 1. The van der Waals surface area contributed by atoms with Gasteiger partial charge in [-0.15, -0.1) is 11.3 Å². The van der Waals surface area contributed by atoms with Gasteiger partial charge in [-0.3, -0.25) is 0 Å². The first-order chi connectivity index (χ1) is 11.1. The number of nitrogens with zero attached hydrogens (tertiary/aromatic N) is 1. The van der Waals surface area contributed by atoms with Gasteiger partial charge in [0.2, 0.25) is 0 Å². The first kappa shape index (κ1) is 16.1. The summed E-state index contributed by atoms with van der Waals surface area (Å²) in [5, 5.41) is 6.50. The van der Waals surface area contributed by atoms with Gasteiger partial charge in [0.25, 0.3) is 0 Å². The molecule has 6 heteroatoms. The van der Waals surface area contributed by atoms with Crippen LogP contribution in [0.3, 0.4) is 0 Å². The molecular formula is C17H23N3O2S. The predicted molar refractivity (Wildman–Crippen MR) is 93.2 cm³/mol. The molecule has 2 aromatic heterocycles. The number of esters is 1. The van der Waals surface area contributed by atoms with Gasteiger partial charge in [0.1, 0.15) is 5.69 Å². The first-order valence-corrected chi connectivity index (χ1v) is 9.06. The smallest absolute Gasteiger partial charge is 0.340 e. The van der Waals surface area contributed by atoms with E-state index in [1.165, 1.54) is 25.7 Å². The van der Waals surface area contributed by atoms with Gasteiger partial charge in [0.15, 0.2) is 5.13 Å². The summed E-state index contributed by atoms with van der Waals surface area (Å²) in [6.45, 7) is 6.03. The van der Waals surface area contributed by atoms with Crippen molar-refractivity contribution in [3.8, 4) is 11.4 Å². The lowest BCUT2D eigenvalue weighted by atomic mass is 10.1. The molecule has 0 spiro atoms. The Kier molecular flexibility index (Phi) is 4.71. The number of ether oxygens (including phenoxy) is 1. The van der Waals surface area contributed by atoms with Crippen molar-refractivity contribution in [2.45, 2.75) is 52.5 Å². The Morgan fingerprint density at radius 3 is 2.87 bits per heavy atom. The van der Waals surface area contributed by atoms with Crippen molar-refractivity contribution in [2.24, 2.45) is 0 Å². The molecule has 2 aromatic rings. The van der Waals surface area contributed by atoms with Crippen molar-refractivity contribution in [1.82, 2.24) is 9.97 Å². The Morgan fingerprint density at radius 1 is 1.43 bits per heavy atom. The van der Waals surface area contributed by atoms with Crippen LogP contribution in [0.1, 0.15) is 54.2 Å². The van der Waals surface area contributed by atoms with Gasteiger partial charge in [-0.05, 0) is 39.2 Å². The van der Waals surface area contributed by atoms with E-state index in [2.05, 4.69) is 15.3 Å². The molecule has 2 N–H and O–H groups in total. The highest BCUT2D eigenvalue weighted by atomic mass is 32.1. The van der Waals surface area contributed by atoms with Crippen molar-refractivity contribution in [1.29, 1.82) is 0 Å². The molecule has 0 aliphatic heterocycles. The number of hydrogen-bond donors (Lipinski definition) is 2. The Hall–Kier alpha value is -1.82. The highest BCUT2D eigenvalue weighted by Crippen LogP contribution is 2.31. The zero-order valence-electron chi connectivity index (χ0n) is 13.9. The number of aromatic amines is 1. The van der Waals surface area contributed by atoms with Crippen LogP contribution in [0, 0.1) is 13.8 Å². The summed E-state index contributed by atoms with van der Waals surface area (Å²) in [6, 6.07) is 0.551. The molecule has 124 valence electrons. The number of nitrogens with one attached hydrogen (secondary N) is 2. The number of thiazole rings is 1. The third-order valence-corrected chi connectivity index (χ3v) is 5.13. The first-order valence-electron chi connectivity index (χ1n) is 8.18. The molecule has 0 saturated heterocycles. The standard InChI is InChI=1S/C17H23N3O2S/c1-4-22-16(21)14-10(2)15(18-11(14)3)13-9-23-17(20-13)19-12-7-5-6-8-12/h9,12,18H,4-8H2,1-3H3,(H,19,20). The normalized spacial score (nSPS) is 15.1. The summed E-state index contributed by atoms with van der Waals surface area (Å²) in [5.41, 5.74) is 4.14. The maximum absolute atomic E-state index is 12.1. The fourth-order valence-corrected chi connectivity index (χ4v) is 3.99. The third-order valence-electron chi connectivity index (χ3n) is 4.36. The van der Waals surface area contributed by atoms with E-state index in [1.807, 2.05) is 26.2 Å². The molecule has 2 heterocycles. The highest BCUT2D eigenvalue weighted by molar-refractivity contribution is 7.14. The molecule has 5 nitrogen and oxygen atoms in total. The lowest BCUT2D eigenvalue weighted by molar-refractivity contribution is 0.0525. The number of aryl methyl sites for hydroxylation is 1. The van der Waals surface area contributed by atoms with Crippen molar-refractivity contribution in [3.63, 3.8) is 0 Å². The molecule has 0 radical (unpaired) electrons. The summed E-state index contributed by atoms with van der Waals surface area (Å²) < 4.78 is 5.14. The fourth-order valence-electron chi connectivity index (χ4n) is 3.22. The molecule has 1 aliphatic carbocycles. The highest BCUT2D eigenvalue weighted by Gasteiger charge is 2.22. The summed E-state index contributed by atoms with van der Waals surface area (Å²) in [4.78, 5) is 20.1. The molecule has 1 aliphatic rings. The monoisotopic (exact) mass is 333 g/mol. The van der Waals surface area contributed by atoms with Gasteiger partial charge in [-0.25, -0.2) is 9.78 Å².